The van der Waals surface area contributed by atoms with Crippen molar-refractivity contribution in [3.8, 4) is 11.8 Å². The predicted octanol–water partition coefficient (Wildman–Crippen LogP) is 4.18. The van der Waals surface area contributed by atoms with Crippen LogP contribution in [0.4, 0.5) is 18.9 Å². The van der Waals surface area contributed by atoms with Crippen LogP contribution in [0, 0.1) is 18.8 Å². The van der Waals surface area contributed by atoms with Crippen molar-refractivity contribution in [1.82, 2.24) is 10.2 Å². The summed E-state index contributed by atoms with van der Waals surface area (Å²) in [6.45, 7) is 10.6. The van der Waals surface area contributed by atoms with Gasteiger partial charge < -0.3 is 15.4 Å². The number of carbonyl (C=O) groups is 1. The lowest BCUT2D eigenvalue weighted by molar-refractivity contribution is -0.137. The number of ether oxygens (including phenoxy) is 1. The molecule has 8 heteroatoms. The first-order chi connectivity index (χ1) is 16.3. The van der Waals surface area contributed by atoms with Crippen LogP contribution in [0.2, 0.25) is 0 Å². The lowest BCUT2D eigenvalue weighted by Crippen LogP contribution is -2.40. The van der Waals surface area contributed by atoms with Crippen LogP contribution in [0.1, 0.15) is 32.6 Å². The normalized spacial score (nSPS) is 14.2. The molecular weight excluding hydrogens is 443 g/mol. The zero-order valence-corrected chi connectivity index (χ0v) is 19.1. The van der Waals surface area contributed by atoms with E-state index in [1.54, 1.807) is 24.3 Å². The lowest BCUT2D eigenvalue weighted by Gasteiger charge is -2.26. The number of carbonyl (C=O) groups excluding carboxylic acids is 1. The molecule has 34 heavy (non-hydrogen) atoms. The molecule has 0 atom stereocenters. The van der Waals surface area contributed by atoms with Gasteiger partial charge >= 0.3 is 6.18 Å². The third kappa shape index (κ3) is 7.19. The number of nitrogens with one attached hydrogen (secondary N) is 2. The average Bonchev–Trinajstić information content (AvgIpc) is 2.82. The summed E-state index contributed by atoms with van der Waals surface area (Å²) in [7, 11) is 0. The van der Waals surface area contributed by atoms with Crippen molar-refractivity contribution >= 4 is 17.7 Å². The van der Waals surface area contributed by atoms with E-state index in [0.717, 1.165) is 50.0 Å². The van der Waals surface area contributed by atoms with Crippen molar-refractivity contribution in [2.45, 2.75) is 13.1 Å². The predicted molar refractivity (Wildman–Crippen MR) is 128 cm³/mol. The van der Waals surface area contributed by atoms with Gasteiger partial charge in [0, 0.05) is 43.0 Å². The van der Waals surface area contributed by atoms with Crippen molar-refractivity contribution < 1.29 is 22.7 Å². The van der Waals surface area contributed by atoms with E-state index in [2.05, 4.69) is 34.0 Å². The maximum absolute atomic E-state index is 13.6. The van der Waals surface area contributed by atoms with E-state index in [4.69, 9.17) is 4.74 Å². The molecule has 3 rings (SSSR count). The number of hydrogen-bond acceptors (Lipinski definition) is 4. The van der Waals surface area contributed by atoms with E-state index in [1.807, 2.05) is 6.92 Å². The van der Waals surface area contributed by atoms with Gasteiger partial charge in [-0.1, -0.05) is 30.6 Å². The molecule has 1 aliphatic rings. The summed E-state index contributed by atoms with van der Waals surface area (Å²) in [5, 5.41) is 5.67. The Bertz CT molecular complexity index is 1080. The Labute approximate surface area is 198 Å². The van der Waals surface area contributed by atoms with E-state index in [1.165, 1.54) is 12.1 Å². The van der Waals surface area contributed by atoms with Gasteiger partial charge in [-0.15, -0.1) is 0 Å². The highest BCUT2D eigenvalue weighted by Gasteiger charge is 2.33. The quantitative estimate of drug-likeness (QED) is 0.470. The second-order valence-electron chi connectivity index (χ2n) is 7.92. The zero-order valence-electron chi connectivity index (χ0n) is 19.1. The monoisotopic (exact) mass is 471 g/mol. The average molecular weight is 472 g/mol. The second kappa shape index (κ2) is 11.8. The van der Waals surface area contributed by atoms with Gasteiger partial charge in [0.1, 0.15) is 0 Å². The number of alkyl halides is 3. The van der Waals surface area contributed by atoms with Crippen molar-refractivity contribution in [1.29, 1.82) is 0 Å². The highest BCUT2D eigenvalue weighted by molar-refractivity contribution is 6.04. The highest BCUT2D eigenvalue weighted by atomic mass is 19.4. The van der Waals surface area contributed by atoms with Gasteiger partial charge in [-0.3, -0.25) is 9.69 Å². The molecule has 0 spiro atoms. The van der Waals surface area contributed by atoms with E-state index < -0.39 is 17.6 Å². The number of nitrogens with zero attached hydrogens (tertiary/aromatic N) is 1. The van der Waals surface area contributed by atoms with E-state index >= 15 is 0 Å². The number of anilines is 1. The maximum atomic E-state index is 13.6. The van der Waals surface area contributed by atoms with Crippen molar-refractivity contribution in [3.05, 3.63) is 70.8 Å². The SMILES string of the molecule is C=Cc1cc(C(=O)Nc2ccc(C#CCNCCN3CCOCC3)c(C(F)(F)F)c2)ccc1C. The van der Waals surface area contributed by atoms with Crippen LogP contribution in [0.5, 0.6) is 0 Å². The molecule has 0 radical (unpaired) electrons. The number of aryl methyl sites for hydroxylation is 1. The summed E-state index contributed by atoms with van der Waals surface area (Å²) in [4.78, 5) is 14.8. The maximum Gasteiger partial charge on any atom is 0.417 e. The van der Waals surface area contributed by atoms with Gasteiger partial charge in [0.2, 0.25) is 0 Å². The lowest BCUT2D eigenvalue weighted by atomic mass is 10.0. The number of morpholine rings is 1. The molecule has 180 valence electrons. The topological polar surface area (TPSA) is 53.6 Å². The van der Waals surface area contributed by atoms with E-state index in [-0.39, 0.29) is 17.8 Å². The molecule has 0 unspecified atom stereocenters. The first kappa shape index (κ1) is 25.5. The second-order valence-corrected chi connectivity index (χ2v) is 7.92. The van der Waals surface area contributed by atoms with Crippen LogP contribution in [0.15, 0.2) is 43.0 Å². The smallest absolute Gasteiger partial charge is 0.379 e. The molecule has 1 fully saturated rings. The fourth-order valence-electron chi connectivity index (χ4n) is 3.52. The summed E-state index contributed by atoms with van der Waals surface area (Å²) < 4.78 is 46.2. The van der Waals surface area contributed by atoms with Gasteiger partial charge in [-0.2, -0.15) is 13.2 Å². The number of amides is 1. The molecule has 1 amide bonds. The van der Waals surface area contributed by atoms with Crippen molar-refractivity contribution in [3.63, 3.8) is 0 Å². The van der Waals surface area contributed by atoms with Gasteiger partial charge in [0.25, 0.3) is 5.91 Å². The Kier molecular flexibility index (Phi) is 8.88. The van der Waals surface area contributed by atoms with E-state index in [9.17, 15) is 18.0 Å². The molecule has 1 aliphatic heterocycles. The minimum atomic E-state index is -4.60. The number of benzene rings is 2. The Morgan fingerprint density at radius 3 is 2.68 bits per heavy atom. The number of rotatable bonds is 7. The molecule has 2 aromatic rings. The van der Waals surface area contributed by atoms with Crippen LogP contribution >= 0.6 is 0 Å². The fourth-order valence-corrected chi connectivity index (χ4v) is 3.52. The Balaban J connectivity index is 1.64. The first-order valence-corrected chi connectivity index (χ1v) is 11.0. The summed E-state index contributed by atoms with van der Waals surface area (Å²) in [6, 6.07) is 8.65. The van der Waals surface area contributed by atoms with Gasteiger partial charge in [-0.25, -0.2) is 0 Å². The molecule has 2 aromatic carbocycles. The molecule has 2 N–H and O–H groups in total. The molecule has 1 saturated heterocycles. The van der Waals surface area contributed by atoms with Crippen molar-refractivity contribution in [2.75, 3.05) is 51.3 Å². The Morgan fingerprint density at radius 2 is 1.97 bits per heavy atom. The third-order valence-electron chi connectivity index (χ3n) is 5.49. The zero-order chi connectivity index (χ0) is 24.6. The minimum Gasteiger partial charge on any atom is -0.379 e. The molecular formula is C26H28F3N3O2. The standard InChI is InChI=1S/C26H28F3N3O2/c1-3-20-17-22(7-6-19(20)2)25(33)31-23-9-8-21(24(18-23)26(27,28)29)5-4-10-30-11-12-32-13-15-34-16-14-32/h3,6-9,17-18,30H,1,10-16H2,2H3,(H,31,33). The van der Waals surface area contributed by atoms with Gasteiger partial charge in [-0.05, 0) is 48.4 Å². The van der Waals surface area contributed by atoms with Gasteiger partial charge in [0.15, 0.2) is 0 Å². The molecule has 0 aromatic heterocycles. The summed E-state index contributed by atoms with van der Waals surface area (Å²) in [5.41, 5.74) is 1.09. The summed E-state index contributed by atoms with van der Waals surface area (Å²) in [5.74, 6) is 4.86. The molecule has 5 nitrogen and oxygen atoms in total. The largest absolute Gasteiger partial charge is 0.417 e. The first-order valence-electron chi connectivity index (χ1n) is 11.0. The van der Waals surface area contributed by atoms with E-state index in [0.29, 0.717) is 12.1 Å². The third-order valence-corrected chi connectivity index (χ3v) is 5.49. The molecule has 0 bridgehead atoms. The summed E-state index contributed by atoms with van der Waals surface area (Å²) in [6.07, 6.45) is -2.98. The van der Waals surface area contributed by atoms with Crippen LogP contribution in [0.3, 0.4) is 0 Å². The molecule has 0 saturated carbocycles. The van der Waals surface area contributed by atoms with Gasteiger partial charge in [0.05, 0.1) is 25.3 Å². The molecule has 1 heterocycles. The Hall–Kier alpha value is -3.12. The van der Waals surface area contributed by atoms with Crippen molar-refractivity contribution in [2.24, 2.45) is 0 Å². The van der Waals surface area contributed by atoms with Crippen LogP contribution in [-0.2, 0) is 10.9 Å². The van der Waals surface area contributed by atoms with Crippen LogP contribution in [-0.4, -0.2) is 56.7 Å². The van der Waals surface area contributed by atoms with Crippen LogP contribution in [0.25, 0.3) is 6.08 Å². The minimum absolute atomic E-state index is 0.0484. The number of hydrogen-bond donors (Lipinski definition) is 2. The summed E-state index contributed by atoms with van der Waals surface area (Å²) >= 11 is 0. The molecule has 0 aliphatic carbocycles. The Morgan fingerprint density at radius 1 is 1.21 bits per heavy atom. The van der Waals surface area contributed by atoms with Crippen LogP contribution < -0.4 is 10.6 Å². The fraction of sp³-hybridized carbons (Fsp3) is 0.346. The number of halogens is 3. The highest BCUT2D eigenvalue weighted by Crippen LogP contribution is 2.33.